The first kappa shape index (κ1) is 17.3. The van der Waals surface area contributed by atoms with E-state index in [9.17, 15) is 4.79 Å². The molecule has 0 aliphatic rings. The predicted octanol–water partition coefficient (Wildman–Crippen LogP) is 2.43. The minimum atomic E-state index is -0.506. The SMILES string of the molecule is CC(CCNc1ncnc(N)c1Cl)NC(=O)OC(C)(C)C. The number of carbonyl (C=O) groups excluding carboxylic acids is 1. The molecule has 0 fully saturated rings. The second kappa shape index (κ2) is 7.31. The molecule has 1 rings (SSSR count). The van der Waals surface area contributed by atoms with Gasteiger partial charge in [0.05, 0.1) is 0 Å². The Morgan fingerprint density at radius 3 is 2.76 bits per heavy atom. The maximum Gasteiger partial charge on any atom is 0.407 e. The van der Waals surface area contributed by atoms with Crippen LogP contribution in [-0.2, 0) is 4.74 Å². The van der Waals surface area contributed by atoms with E-state index in [2.05, 4.69) is 20.6 Å². The lowest BCUT2D eigenvalue weighted by molar-refractivity contribution is 0.0507. The molecule has 21 heavy (non-hydrogen) atoms. The van der Waals surface area contributed by atoms with Gasteiger partial charge in [-0.3, -0.25) is 0 Å². The number of amides is 1. The van der Waals surface area contributed by atoms with Gasteiger partial charge in [-0.25, -0.2) is 14.8 Å². The van der Waals surface area contributed by atoms with Crippen LogP contribution in [0.3, 0.4) is 0 Å². The van der Waals surface area contributed by atoms with E-state index in [-0.39, 0.29) is 11.9 Å². The summed E-state index contributed by atoms with van der Waals surface area (Å²) in [7, 11) is 0. The molecule has 0 bridgehead atoms. The minimum absolute atomic E-state index is 0.0506. The van der Waals surface area contributed by atoms with Gasteiger partial charge in [0.15, 0.2) is 0 Å². The van der Waals surface area contributed by atoms with E-state index in [0.29, 0.717) is 23.8 Å². The van der Waals surface area contributed by atoms with Gasteiger partial charge < -0.3 is 21.1 Å². The zero-order valence-electron chi connectivity index (χ0n) is 12.7. The van der Waals surface area contributed by atoms with E-state index in [1.165, 1.54) is 6.33 Å². The van der Waals surface area contributed by atoms with Crippen LogP contribution in [-0.4, -0.2) is 34.2 Å². The number of nitrogens with one attached hydrogen (secondary N) is 2. The van der Waals surface area contributed by atoms with Crippen LogP contribution < -0.4 is 16.4 Å². The van der Waals surface area contributed by atoms with Crippen LogP contribution in [0.1, 0.15) is 34.1 Å². The average Bonchev–Trinajstić information content (AvgIpc) is 2.32. The molecule has 0 aromatic carbocycles. The Kier molecular flexibility index (Phi) is 6.02. The molecule has 0 aliphatic heterocycles. The van der Waals surface area contributed by atoms with E-state index < -0.39 is 11.7 Å². The molecule has 0 spiro atoms. The molecular weight excluding hydrogens is 294 g/mol. The summed E-state index contributed by atoms with van der Waals surface area (Å²) in [5.74, 6) is 0.711. The van der Waals surface area contributed by atoms with Gasteiger partial charge in [0.2, 0.25) is 0 Å². The van der Waals surface area contributed by atoms with Crippen LogP contribution in [0.15, 0.2) is 6.33 Å². The zero-order chi connectivity index (χ0) is 16.0. The minimum Gasteiger partial charge on any atom is -0.444 e. The van der Waals surface area contributed by atoms with Gasteiger partial charge in [-0.05, 0) is 34.1 Å². The maximum atomic E-state index is 11.6. The molecule has 4 N–H and O–H groups in total. The number of alkyl carbamates (subject to hydrolysis) is 1. The highest BCUT2D eigenvalue weighted by atomic mass is 35.5. The van der Waals surface area contributed by atoms with Gasteiger partial charge in [0, 0.05) is 12.6 Å². The first-order chi connectivity index (χ1) is 9.69. The van der Waals surface area contributed by atoms with Crippen molar-refractivity contribution in [3.05, 3.63) is 11.3 Å². The molecule has 118 valence electrons. The third-order valence-corrected chi connectivity index (χ3v) is 2.82. The van der Waals surface area contributed by atoms with Crippen LogP contribution in [0.4, 0.5) is 16.4 Å². The van der Waals surface area contributed by atoms with Gasteiger partial charge in [0.1, 0.15) is 28.6 Å². The molecule has 0 radical (unpaired) electrons. The molecule has 7 nitrogen and oxygen atoms in total. The van der Waals surface area contributed by atoms with E-state index >= 15 is 0 Å². The number of hydrogen-bond donors (Lipinski definition) is 3. The highest BCUT2D eigenvalue weighted by molar-refractivity contribution is 6.35. The number of anilines is 2. The van der Waals surface area contributed by atoms with Gasteiger partial charge in [-0.15, -0.1) is 0 Å². The number of carbonyl (C=O) groups is 1. The summed E-state index contributed by atoms with van der Waals surface area (Å²) in [6.45, 7) is 7.93. The van der Waals surface area contributed by atoms with Crippen molar-refractivity contribution in [2.75, 3.05) is 17.6 Å². The summed E-state index contributed by atoms with van der Waals surface area (Å²) in [6.07, 6.45) is 1.59. The van der Waals surface area contributed by atoms with Crippen molar-refractivity contribution in [1.29, 1.82) is 0 Å². The monoisotopic (exact) mass is 315 g/mol. The lowest BCUT2D eigenvalue weighted by Gasteiger charge is -2.22. The van der Waals surface area contributed by atoms with Crippen LogP contribution in [0.2, 0.25) is 5.02 Å². The molecule has 0 saturated heterocycles. The second-order valence-corrected chi connectivity index (χ2v) is 6.06. The Hall–Kier alpha value is -1.76. The maximum absolute atomic E-state index is 11.6. The summed E-state index contributed by atoms with van der Waals surface area (Å²) in [6, 6.07) is -0.0506. The Bertz CT molecular complexity index is 490. The molecule has 0 saturated carbocycles. The zero-order valence-corrected chi connectivity index (χ0v) is 13.5. The number of aromatic nitrogens is 2. The summed E-state index contributed by atoms with van der Waals surface area (Å²) < 4.78 is 5.18. The van der Waals surface area contributed by atoms with Crippen molar-refractivity contribution in [2.24, 2.45) is 0 Å². The number of hydrogen-bond acceptors (Lipinski definition) is 6. The summed E-state index contributed by atoms with van der Waals surface area (Å²) in [4.78, 5) is 19.4. The van der Waals surface area contributed by atoms with Gasteiger partial charge in [0.25, 0.3) is 0 Å². The van der Waals surface area contributed by atoms with Crippen LogP contribution in [0.5, 0.6) is 0 Å². The first-order valence-corrected chi connectivity index (χ1v) is 7.06. The second-order valence-electron chi connectivity index (χ2n) is 5.68. The molecule has 1 heterocycles. The number of nitrogens with zero attached hydrogens (tertiary/aromatic N) is 2. The standard InChI is InChI=1S/C13H22ClN5O2/c1-8(19-12(20)21-13(2,3)4)5-6-16-11-9(14)10(15)17-7-18-11/h7-8H,5-6H2,1-4H3,(H,19,20)(H3,15,16,17,18). The third kappa shape index (κ3) is 6.48. The van der Waals surface area contributed by atoms with E-state index in [4.69, 9.17) is 22.1 Å². The summed E-state index contributed by atoms with van der Waals surface area (Å²) in [5.41, 5.74) is 5.07. The van der Waals surface area contributed by atoms with E-state index in [1.54, 1.807) is 0 Å². The fourth-order valence-corrected chi connectivity index (χ4v) is 1.66. The van der Waals surface area contributed by atoms with Crippen LogP contribution in [0.25, 0.3) is 0 Å². The molecule has 1 aromatic heterocycles. The molecule has 0 aliphatic carbocycles. The Morgan fingerprint density at radius 1 is 1.48 bits per heavy atom. The normalized spacial score (nSPS) is 12.6. The molecule has 1 amide bonds. The smallest absolute Gasteiger partial charge is 0.407 e. The number of ether oxygens (including phenoxy) is 1. The van der Waals surface area contributed by atoms with Crippen molar-refractivity contribution >= 4 is 29.3 Å². The van der Waals surface area contributed by atoms with Crippen LogP contribution >= 0.6 is 11.6 Å². The quantitative estimate of drug-likeness (QED) is 0.771. The number of halogens is 1. The van der Waals surface area contributed by atoms with Gasteiger partial charge >= 0.3 is 6.09 Å². The van der Waals surface area contributed by atoms with Crippen molar-refractivity contribution in [1.82, 2.24) is 15.3 Å². The van der Waals surface area contributed by atoms with Crippen LogP contribution in [0, 0.1) is 0 Å². The highest BCUT2D eigenvalue weighted by Gasteiger charge is 2.17. The Labute approximate surface area is 129 Å². The predicted molar refractivity (Wildman–Crippen MR) is 83.4 cm³/mol. The molecule has 1 atom stereocenters. The average molecular weight is 316 g/mol. The van der Waals surface area contributed by atoms with E-state index in [0.717, 1.165) is 0 Å². The van der Waals surface area contributed by atoms with Gasteiger partial charge in [-0.2, -0.15) is 0 Å². The van der Waals surface area contributed by atoms with Gasteiger partial charge in [-0.1, -0.05) is 11.6 Å². The van der Waals surface area contributed by atoms with Crippen molar-refractivity contribution < 1.29 is 9.53 Å². The number of nitrogen functional groups attached to an aromatic ring is 1. The number of nitrogens with two attached hydrogens (primary N) is 1. The van der Waals surface area contributed by atoms with Crippen molar-refractivity contribution in [3.8, 4) is 0 Å². The van der Waals surface area contributed by atoms with E-state index in [1.807, 2.05) is 27.7 Å². The first-order valence-electron chi connectivity index (χ1n) is 6.68. The summed E-state index contributed by atoms with van der Waals surface area (Å²) >= 11 is 5.96. The number of rotatable bonds is 5. The Balaban J connectivity index is 2.35. The molecule has 1 unspecified atom stereocenters. The fourth-order valence-electron chi connectivity index (χ4n) is 1.49. The lowest BCUT2D eigenvalue weighted by Crippen LogP contribution is -2.38. The largest absolute Gasteiger partial charge is 0.444 e. The van der Waals surface area contributed by atoms with Crippen molar-refractivity contribution in [2.45, 2.75) is 45.8 Å². The lowest BCUT2D eigenvalue weighted by atomic mass is 10.2. The van der Waals surface area contributed by atoms with Crippen molar-refractivity contribution in [3.63, 3.8) is 0 Å². The molecule has 1 aromatic rings. The Morgan fingerprint density at radius 2 is 2.14 bits per heavy atom. The fraction of sp³-hybridized carbons (Fsp3) is 0.615. The third-order valence-electron chi connectivity index (χ3n) is 2.45. The molecular formula is C13H22ClN5O2. The topological polar surface area (TPSA) is 102 Å². The molecule has 8 heteroatoms. The highest BCUT2D eigenvalue weighted by Crippen LogP contribution is 2.22. The summed E-state index contributed by atoms with van der Waals surface area (Å²) in [5, 5.41) is 6.10.